The summed E-state index contributed by atoms with van der Waals surface area (Å²) in [7, 11) is 0. The summed E-state index contributed by atoms with van der Waals surface area (Å²) in [6.45, 7) is 0. The Morgan fingerprint density at radius 1 is 1.11 bits per heavy atom. The summed E-state index contributed by atoms with van der Waals surface area (Å²) >= 11 is 0. The lowest BCUT2D eigenvalue weighted by Crippen LogP contribution is -2.53. The van der Waals surface area contributed by atoms with Gasteiger partial charge in [0.15, 0.2) is 11.7 Å². The third kappa shape index (κ3) is 2.58. The maximum absolute atomic E-state index is 13.2. The number of benzene rings is 2. The monoisotopic (exact) mass is 356 g/mol. The summed E-state index contributed by atoms with van der Waals surface area (Å²) in [6.07, 6.45) is 0. The van der Waals surface area contributed by atoms with E-state index in [1.807, 2.05) is 0 Å². The molecule has 2 aromatic rings. The Balaban J connectivity index is 2.32. The number of rotatable bonds is 5. The molecular formula is C19H12N6O2. The summed E-state index contributed by atoms with van der Waals surface area (Å²) < 4.78 is 0. The predicted octanol–water partition coefficient (Wildman–Crippen LogP) is 3.10. The van der Waals surface area contributed by atoms with Crippen molar-refractivity contribution in [1.82, 2.24) is 0 Å². The minimum absolute atomic E-state index is 0.209. The van der Waals surface area contributed by atoms with Gasteiger partial charge >= 0.3 is 0 Å². The van der Waals surface area contributed by atoms with Gasteiger partial charge in [-0.3, -0.25) is 9.59 Å². The third-order valence-corrected chi connectivity index (χ3v) is 4.62. The topological polar surface area (TPSA) is 143 Å². The Hall–Kier alpha value is -4.13. The van der Waals surface area contributed by atoms with Crippen LogP contribution in [0.3, 0.4) is 0 Å². The SMILES string of the molecule is N#CC(C#N)C1(C(N=[N+]=[N-])C(=O)c2ccccc2)C(=O)Nc2ccccc21. The zero-order chi connectivity index (χ0) is 19.4. The minimum Gasteiger partial charge on any atom is -0.325 e. The minimum atomic E-state index is -1.95. The van der Waals surface area contributed by atoms with Gasteiger partial charge in [-0.15, -0.1) is 0 Å². The average molecular weight is 356 g/mol. The van der Waals surface area contributed by atoms with Crippen molar-refractivity contribution < 1.29 is 9.59 Å². The number of ketones is 1. The lowest BCUT2D eigenvalue weighted by molar-refractivity contribution is -0.122. The molecule has 0 bridgehead atoms. The molecule has 0 aliphatic carbocycles. The van der Waals surface area contributed by atoms with E-state index >= 15 is 0 Å². The highest BCUT2D eigenvalue weighted by Crippen LogP contribution is 2.47. The van der Waals surface area contributed by atoms with Crippen molar-refractivity contribution in [3.05, 3.63) is 76.2 Å². The number of anilines is 1. The van der Waals surface area contributed by atoms with Crippen LogP contribution in [0.5, 0.6) is 0 Å². The summed E-state index contributed by atoms with van der Waals surface area (Å²) in [5, 5.41) is 25.3. The van der Waals surface area contributed by atoms with Crippen molar-refractivity contribution in [1.29, 1.82) is 10.5 Å². The summed E-state index contributed by atoms with van der Waals surface area (Å²) in [4.78, 5) is 28.9. The highest BCUT2D eigenvalue weighted by molar-refractivity contribution is 6.14. The molecule has 0 radical (unpaired) electrons. The zero-order valence-corrected chi connectivity index (χ0v) is 13.9. The molecule has 2 unspecified atom stereocenters. The Morgan fingerprint density at radius 2 is 1.74 bits per heavy atom. The maximum Gasteiger partial charge on any atom is 0.238 e. The molecule has 0 spiro atoms. The normalized spacial score (nSPS) is 18.4. The first-order valence-corrected chi connectivity index (χ1v) is 7.95. The maximum atomic E-state index is 13.2. The van der Waals surface area contributed by atoms with E-state index in [0.29, 0.717) is 5.69 Å². The number of carbonyl (C=O) groups excluding carboxylic acids is 2. The van der Waals surface area contributed by atoms with Crippen molar-refractivity contribution >= 4 is 17.4 Å². The van der Waals surface area contributed by atoms with Gasteiger partial charge in [0, 0.05) is 16.2 Å². The Kier molecular flexibility index (Phi) is 4.59. The number of fused-ring (bicyclic) bond motifs is 1. The number of hydrogen-bond donors (Lipinski definition) is 1. The van der Waals surface area contributed by atoms with Gasteiger partial charge in [0.05, 0.1) is 12.1 Å². The molecule has 1 heterocycles. The highest BCUT2D eigenvalue weighted by Gasteiger charge is 2.60. The number of nitrogens with zero attached hydrogens (tertiary/aromatic N) is 5. The number of Topliss-reactive ketones (excluding diaryl/α,β-unsaturated/α-hetero) is 1. The molecule has 1 aliphatic rings. The van der Waals surface area contributed by atoms with Crippen LogP contribution in [0.4, 0.5) is 5.69 Å². The van der Waals surface area contributed by atoms with Crippen molar-refractivity contribution in [2.24, 2.45) is 11.0 Å². The molecule has 8 nitrogen and oxygen atoms in total. The molecule has 3 rings (SSSR count). The van der Waals surface area contributed by atoms with Crippen LogP contribution in [-0.4, -0.2) is 17.7 Å². The van der Waals surface area contributed by atoms with Gasteiger partial charge in [-0.2, -0.15) is 10.5 Å². The predicted molar refractivity (Wildman–Crippen MR) is 95.2 cm³/mol. The van der Waals surface area contributed by atoms with E-state index in [-0.39, 0.29) is 11.1 Å². The van der Waals surface area contributed by atoms with Crippen LogP contribution in [0.1, 0.15) is 15.9 Å². The van der Waals surface area contributed by atoms with E-state index in [1.165, 1.54) is 12.1 Å². The van der Waals surface area contributed by atoms with Crippen molar-refractivity contribution in [2.75, 3.05) is 5.32 Å². The molecule has 130 valence electrons. The summed E-state index contributed by atoms with van der Waals surface area (Å²) in [5.74, 6) is -2.90. The van der Waals surface area contributed by atoms with Crippen molar-refractivity contribution in [3.63, 3.8) is 0 Å². The van der Waals surface area contributed by atoms with Crippen molar-refractivity contribution in [3.8, 4) is 12.1 Å². The van der Waals surface area contributed by atoms with E-state index in [4.69, 9.17) is 5.53 Å². The Labute approximate surface area is 154 Å². The first-order valence-electron chi connectivity index (χ1n) is 7.95. The van der Waals surface area contributed by atoms with E-state index in [9.17, 15) is 20.1 Å². The molecule has 1 amide bonds. The molecule has 2 atom stereocenters. The third-order valence-electron chi connectivity index (χ3n) is 4.62. The first kappa shape index (κ1) is 17.7. The standard InChI is InChI=1S/C19H12N6O2/c20-10-13(11-21)19(14-8-4-5-9-15(14)23-18(19)27)17(24-25-22)16(26)12-6-2-1-3-7-12/h1-9,13,17H,(H,23,27). The Bertz CT molecular complexity index is 1030. The largest absolute Gasteiger partial charge is 0.325 e. The number of amides is 1. The number of azide groups is 1. The van der Waals surface area contributed by atoms with Gasteiger partial charge in [0.1, 0.15) is 11.5 Å². The summed E-state index contributed by atoms with van der Waals surface area (Å²) in [5.41, 5.74) is 8.00. The second-order valence-corrected chi connectivity index (χ2v) is 5.90. The van der Waals surface area contributed by atoms with Crippen LogP contribution in [0.2, 0.25) is 0 Å². The van der Waals surface area contributed by atoms with Crippen LogP contribution in [-0.2, 0) is 10.2 Å². The van der Waals surface area contributed by atoms with Crippen LogP contribution < -0.4 is 5.32 Å². The second-order valence-electron chi connectivity index (χ2n) is 5.90. The fourth-order valence-corrected chi connectivity index (χ4v) is 3.41. The highest BCUT2D eigenvalue weighted by atomic mass is 16.2. The second kappa shape index (κ2) is 7.01. The smallest absolute Gasteiger partial charge is 0.238 e. The van der Waals surface area contributed by atoms with Crippen molar-refractivity contribution in [2.45, 2.75) is 11.5 Å². The lowest BCUT2D eigenvalue weighted by Gasteiger charge is -2.33. The average Bonchev–Trinajstić information content (AvgIpc) is 3.00. The number of hydrogen-bond acceptors (Lipinski definition) is 5. The number of para-hydroxylation sites is 1. The molecule has 1 N–H and O–H groups in total. The molecule has 0 saturated carbocycles. The first-order chi connectivity index (χ1) is 13.1. The number of carbonyl (C=O) groups is 2. The fraction of sp³-hybridized carbons (Fsp3) is 0.158. The molecule has 0 aromatic heterocycles. The van der Waals surface area contributed by atoms with E-state index in [1.54, 1.807) is 54.6 Å². The molecular weight excluding hydrogens is 344 g/mol. The molecule has 8 heteroatoms. The van der Waals surface area contributed by atoms with Crippen LogP contribution in [0.15, 0.2) is 59.7 Å². The number of nitrogens with one attached hydrogen (secondary N) is 1. The van der Waals surface area contributed by atoms with Gasteiger partial charge in [0.2, 0.25) is 5.91 Å². The van der Waals surface area contributed by atoms with E-state index in [2.05, 4.69) is 15.3 Å². The lowest BCUT2D eigenvalue weighted by atomic mass is 9.65. The van der Waals surface area contributed by atoms with E-state index < -0.39 is 29.1 Å². The fourth-order valence-electron chi connectivity index (χ4n) is 3.41. The number of nitriles is 2. The summed E-state index contributed by atoms with van der Waals surface area (Å²) in [6, 6.07) is 16.4. The van der Waals surface area contributed by atoms with Gasteiger partial charge in [-0.25, -0.2) is 0 Å². The molecule has 0 saturated heterocycles. The Morgan fingerprint density at radius 3 is 2.37 bits per heavy atom. The van der Waals surface area contributed by atoms with Crippen LogP contribution >= 0.6 is 0 Å². The van der Waals surface area contributed by atoms with Gasteiger partial charge in [-0.1, -0.05) is 53.6 Å². The van der Waals surface area contributed by atoms with Crippen LogP contribution in [0, 0.1) is 28.6 Å². The van der Waals surface area contributed by atoms with E-state index in [0.717, 1.165) is 0 Å². The molecule has 1 aliphatic heterocycles. The molecule has 0 fully saturated rings. The zero-order valence-electron chi connectivity index (χ0n) is 13.9. The van der Waals surface area contributed by atoms with Gasteiger partial charge in [0.25, 0.3) is 0 Å². The quantitative estimate of drug-likeness (QED) is 0.380. The van der Waals surface area contributed by atoms with Gasteiger partial charge < -0.3 is 5.32 Å². The molecule has 2 aromatic carbocycles. The molecule has 27 heavy (non-hydrogen) atoms. The van der Waals surface area contributed by atoms with Crippen LogP contribution in [0.25, 0.3) is 10.4 Å². The van der Waals surface area contributed by atoms with Gasteiger partial charge in [-0.05, 0) is 17.2 Å².